The van der Waals surface area contributed by atoms with E-state index in [1.54, 1.807) is 18.0 Å². The Hall–Kier alpha value is -3.87. The van der Waals surface area contributed by atoms with Crippen LogP contribution >= 0.6 is 0 Å². The van der Waals surface area contributed by atoms with E-state index < -0.39 is 0 Å². The summed E-state index contributed by atoms with van der Waals surface area (Å²) in [5.74, 6) is 1.14. The van der Waals surface area contributed by atoms with Crippen LogP contribution in [0.5, 0.6) is 11.5 Å². The number of para-hydroxylation sites is 1. The number of carbonyl (C=O) groups is 1. The van der Waals surface area contributed by atoms with Crippen molar-refractivity contribution in [2.75, 3.05) is 19.0 Å². The zero-order valence-corrected chi connectivity index (χ0v) is 18.0. The van der Waals surface area contributed by atoms with Crippen molar-refractivity contribution in [2.24, 2.45) is 0 Å². The lowest BCUT2D eigenvalue weighted by molar-refractivity contribution is 0.102. The van der Waals surface area contributed by atoms with E-state index in [0.717, 1.165) is 28.1 Å². The van der Waals surface area contributed by atoms with Gasteiger partial charge in [0, 0.05) is 5.69 Å². The number of nitrogens with one attached hydrogen (secondary N) is 1. The standard InChI is InChI=1S/C24H24N4O3/c1-5-31-18-11-9-17(10-12-18)28-26-21-13-16(3)20(14-22(21)27-28)25-24(29)19-8-6-7-15(2)23(19)30-4/h6-14H,5H2,1-4H3,(H,25,29). The predicted octanol–water partition coefficient (Wildman–Crippen LogP) is 4.70. The Balaban J connectivity index is 1.63. The van der Waals surface area contributed by atoms with Gasteiger partial charge in [-0.05, 0) is 74.4 Å². The van der Waals surface area contributed by atoms with E-state index in [4.69, 9.17) is 9.47 Å². The summed E-state index contributed by atoms with van der Waals surface area (Å²) in [4.78, 5) is 14.5. The predicted molar refractivity (Wildman–Crippen MR) is 120 cm³/mol. The molecular formula is C24H24N4O3. The van der Waals surface area contributed by atoms with Gasteiger partial charge in [0.2, 0.25) is 0 Å². The van der Waals surface area contributed by atoms with Crippen LogP contribution in [0.4, 0.5) is 5.69 Å². The molecule has 0 aliphatic rings. The zero-order chi connectivity index (χ0) is 22.0. The summed E-state index contributed by atoms with van der Waals surface area (Å²) in [5.41, 5.74) is 5.22. The third-order valence-electron chi connectivity index (χ3n) is 5.01. The number of aryl methyl sites for hydroxylation is 2. The molecule has 4 aromatic rings. The summed E-state index contributed by atoms with van der Waals surface area (Å²) in [7, 11) is 1.57. The van der Waals surface area contributed by atoms with E-state index >= 15 is 0 Å². The first kappa shape index (κ1) is 20.4. The molecule has 0 saturated heterocycles. The number of amides is 1. The van der Waals surface area contributed by atoms with Gasteiger partial charge in [-0.3, -0.25) is 4.79 Å². The van der Waals surface area contributed by atoms with E-state index in [0.29, 0.717) is 29.1 Å². The first-order chi connectivity index (χ1) is 15.0. The minimum absolute atomic E-state index is 0.234. The van der Waals surface area contributed by atoms with Crippen molar-refractivity contribution in [1.29, 1.82) is 0 Å². The monoisotopic (exact) mass is 416 g/mol. The Morgan fingerprint density at radius 1 is 1.00 bits per heavy atom. The van der Waals surface area contributed by atoms with Crippen LogP contribution in [0.1, 0.15) is 28.4 Å². The molecule has 7 heteroatoms. The third kappa shape index (κ3) is 4.07. The second-order valence-corrected chi connectivity index (χ2v) is 7.18. The lowest BCUT2D eigenvalue weighted by Crippen LogP contribution is -2.14. The van der Waals surface area contributed by atoms with Crippen LogP contribution in [0.15, 0.2) is 54.6 Å². The molecule has 0 unspecified atom stereocenters. The number of ether oxygens (including phenoxy) is 2. The minimum atomic E-state index is -0.234. The average Bonchev–Trinajstić information content (AvgIpc) is 3.17. The van der Waals surface area contributed by atoms with Crippen molar-refractivity contribution < 1.29 is 14.3 Å². The Bertz CT molecular complexity index is 1250. The van der Waals surface area contributed by atoms with Gasteiger partial charge < -0.3 is 14.8 Å². The number of fused-ring (bicyclic) bond motifs is 1. The molecule has 31 heavy (non-hydrogen) atoms. The molecule has 4 rings (SSSR count). The fourth-order valence-corrected chi connectivity index (χ4v) is 3.45. The molecule has 0 atom stereocenters. The fraction of sp³-hybridized carbons (Fsp3) is 0.208. The molecule has 3 aromatic carbocycles. The van der Waals surface area contributed by atoms with E-state index in [-0.39, 0.29) is 5.91 Å². The van der Waals surface area contributed by atoms with Crippen LogP contribution in [-0.2, 0) is 0 Å². The average molecular weight is 416 g/mol. The second kappa shape index (κ2) is 8.47. The van der Waals surface area contributed by atoms with Gasteiger partial charge in [0.15, 0.2) is 0 Å². The number of benzene rings is 3. The van der Waals surface area contributed by atoms with E-state index in [9.17, 15) is 4.79 Å². The van der Waals surface area contributed by atoms with Crippen LogP contribution in [-0.4, -0.2) is 34.6 Å². The number of aromatic nitrogens is 3. The highest BCUT2D eigenvalue weighted by Gasteiger charge is 2.16. The molecule has 0 aliphatic heterocycles. The van der Waals surface area contributed by atoms with Gasteiger partial charge in [-0.25, -0.2) is 0 Å². The lowest BCUT2D eigenvalue weighted by atomic mass is 10.1. The van der Waals surface area contributed by atoms with Crippen LogP contribution in [0, 0.1) is 13.8 Å². The molecule has 1 N–H and O–H groups in total. The van der Waals surface area contributed by atoms with E-state index in [2.05, 4.69) is 15.5 Å². The highest BCUT2D eigenvalue weighted by Crippen LogP contribution is 2.27. The van der Waals surface area contributed by atoms with E-state index in [1.807, 2.05) is 69.3 Å². The Morgan fingerprint density at radius 3 is 2.39 bits per heavy atom. The highest BCUT2D eigenvalue weighted by molar-refractivity contribution is 6.07. The Morgan fingerprint density at radius 2 is 1.71 bits per heavy atom. The molecule has 7 nitrogen and oxygen atoms in total. The van der Waals surface area contributed by atoms with Gasteiger partial charge in [0.05, 0.1) is 25.0 Å². The molecule has 0 radical (unpaired) electrons. The van der Waals surface area contributed by atoms with Gasteiger partial charge in [0.25, 0.3) is 5.91 Å². The number of anilines is 1. The molecule has 0 fully saturated rings. The number of methoxy groups -OCH3 is 1. The van der Waals surface area contributed by atoms with Crippen molar-refractivity contribution in [3.63, 3.8) is 0 Å². The Labute approximate surface area is 180 Å². The summed E-state index contributed by atoms with van der Waals surface area (Å²) in [6, 6.07) is 16.8. The summed E-state index contributed by atoms with van der Waals surface area (Å²) in [6.45, 7) is 6.40. The maximum absolute atomic E-state index is 12.9. The number of rotatable bonds is 6. The zero-order valence-electron chi connectivity index (χ0n) is 18.0. The first-order valence-electron chi connectivity index (χ1n) is 10.1. The summed E-state index contributed by atoms with van der Waals surface area (Å²) >= 11 is 0. The first-order valence-corrected chi connectivity index (χ1v) is 10.1. The van der Waals surface area contributed by atoms with Gasteiger partial charge in [-0.2, -0.15) is 4.80 Å². The molecule has 0 saturated carbocycles. The van der Waals surface area contributed by atoms with Crippen LogP contribution < -0.4 is 14.8 Å². The number of hydrogen-bond acceptors (Lipinski definition) is 5. The molecule has 1 aromatic heterocycles. The van der Waals surface area contributed by atoms with Gasteiger partial charge in [-0.1, -0.05) is 12.1 Å². The van der Waals surface area contributed by atoms with Crippen molar-refractivity contribution in [2.45, 2.75) is 20.8 Å². The fourth-order valence-electron chi connectivity index (χ4n) is 3.45. The summed E-state index contributed by atoms with van der Waals surface area (Å²) in [5, 5.41) is 12.1. The summed E-state index contributed by atoms with van der Waals surface area (Å²) in [6.07, 6.45) is 0. The third-order valence-corrected chi connectivity index (χ3v) is 5.01. The molecule has 1 heterocycles. The van der Waals surface area contributed by atoms with Crippen LogP contribution in [0.25, 0.3) is 16.7 Å². The van der Waals surface area contributed by atoms with Gasteiger partial charge >= 0.3 is 0 Å². The van der Waals surface area contributed by atoms with E-state index in [1.165, 1.54) is 0 Å². The minimum Gasteiger partial charge on any atom is -0.496 e. The Kier molecular flexibility index (Phi) is 5.58. The molecule has 0 spiro atoms. The quantitative estimate of drug-likeness (QED) is 0.493. The number of carbonyl (C=O) groups excluding carboxylic acids is 1. The number of nitrogens with zero attached hydrogens (tertiary/aromatic N) is 3. The normalized spacial score (nSPS) is 10.8. The maximum atomic E-state index is 12.9. The van der Waals surface area contributed by atoms with Crippen molar-refractivity contribution >= 4 is 22.6 Å². The highest BCUT2D eigenvalue weighted by atomic mass is 16.5. The van der Waals surface area contributed by atoms with Crippen LogP contribution in [0.3, 0.4) is 0 Å². The SMILES string of the molecule is CCOc1ccc(-n2nc3cc(C)c(NC(=O)c4cccc(C)c4OC)cc3n2)cc1. The van der Waals surface area contributed by atoms with Crippen molar-refractivity contribution in [3.8, 4) is 17.2 Å². The smallest absolute Gasteiger partial charge is 0.259 e. The van der Waals surface area contributed by atoms with Crippen molar-refractivity contribution in [1.82, 2.24) is 15.0 Å². The molecule has 158 valence electrons. The van der Waals surface area contributed by atoms with Gasteiger partial charge in [-0.15, -0.1) is 10.2 Å². The molecule has 0 aliphatic carbocycles. The molecule has 0 bridgehead atoms. The molecular weight excluding hydrogens is 392 g/mol. The number of hydrogen-bond donors (Lipinski definition) is 1. The van der Waals surface area contributed by atoms with Crippen molar-refractivity contribution in [3.05, 3.63) is 71.3 Å². The largest absolute Gasteiger partial charge is 0.496 e. The summed E-state index contributed by atoms with van der Waals surface area (Å²) < 4.78 is 10.9. The lowest BCUT2D eigenvalue weighted by Gasteiger charge is -2.12. The second-order valence-electron chi connectivity index (χ2n) is 7.18. The maximum Gasteiger partial charge on any atom is 0.259 e. The topological polar surface area (TPSA) is 78.3 Å². The molecule has 1 amide bonds. The van der Waals surface area contributed by atoms with Gasteiger partial charge in [0.1, 0.15) is 22.5 Å². The van der Waals surface area contributed by atoms with Crippen LogP contribution in [0.2, 0.25) is 0 Å².